The van der Waals surface area contributed by atoms with Crippen LogP contribution in [0.4, 0.5) is 5.69 Å². The van der Waals surface area contributed by atoms with Crippen molar-refractivity contribution in [3.05, 3.63) is 48.5 Å². The highest BCUT2D eigenvalue weighted by Crippen LogP contribution is 2.33. The molecule has 0 amide bonds. The third kappa shape index (κ3) is 2.81. The van der Waals surface area contributed by atoms with Crippen LogP contribution in [0.15, 0.2) is 48.5 Å². The van der Waals surface area contributed by atoms with E-state index in [9.17, 15) is 8.42 Å². The summed E-state index contributed by atoms with van der Waals surface area (Å²) in [5.41, 5.74) is 7.91. The highest BCUT2D eigenvalue weighted by molar-refractivity contribution is 7.86. The first-order chi connectivity index (χ1) is 8.47. The van der Waals surface area contributed by atoms with Crippen LogP contribution in [0.1, 0.15) is 0 Å². The lowest BCUT2D eigenvalue weighted by atomic mass is 10.0. The molecule has 0 saturated heterocycles. The minimum Gasteiger partial charge on any atom is -0.395 e. The Labute approximate surface area is 106 Å². The van der Waals surface area contributed by atoms with Crippen molar-refractivity contribution < 1.29 is 12.6 Å². The van der Waals surface area contributed by atoms with Crippen LogP contribution >= 0.6 is 0 Å². The average molecular weight is 263 g/mol. The summed E-state index contributed by atoms with van der Waals surface area (Å²) in [5.74, 6) is 0.152. The number of rotatable bonds is 3. The van der Waals surface area contributed by atoms with E-state index in [0.717, 1.165) is 17.4 Å². The van der Waals surface area contributed by atoms with Crippen molar-refractivity contribution in [1.29, 1.82) is 0 Å². The fourth-order valence-electron chi connectivity index (χ4n) is 1.65. The number of hydrogen-bond acceptors (Lipinski definition) is 4. The van der Waals surface area contributed by atoms with Crippen molar-refractivity contribution in [2.45, 2.75) is 0 Å². The first-order valence-corrected chi connectivity index (χ1v) is 7.12. The molecule has 0 aliphatic rings. The Bertz CT molecular complexity index is 651. The third-order valence-corrected chi connectivity index (χ3v) is 2.87. The van der Waals surface area contributed by atoms with Gasteiger partial charge in [-0.1, -0.05) is 42.5 Å². The molecule has 0 saturated carbocycles. The van der Waals surface area contributed by atoms with Crippen molar-refractivity contribution in [1.82, 2.24) is 0 Å². The Balaban J connectivity index is 2.49. The molecular weight excluding hydrogens is 250 g/mol. The van der Waals surface area contributed by atoms with Gasteiger partial charge in [0.1, 0.15) is 0 Å². The lowest BCUT2D eigenvalue weighted by Crippen LogP contribution is -2.07. The van der Waals surface area contributed by atoms with E-state index in [1.807, 2.05) is 36.4 Å². The third-order valence-electron chi connectivity index (χ3n) is 2.39. The van der Waals surface area contributed by atoms with E-state index >= 15 is 0 Å². The summed E-state index contributed by atoms with van der Waals surface area (Å²) in [4.78, 5) is 0. The minimum atomic E-state index is -3.58. The smallest absolute Gasteiger partial charge is 0.306 e. The number of nitrogen functional groups attached to an aromatic ring is 1. The summed E-state index contributed by atoms with van der Waals surface area (Å²) in [6.45, 7) is 0. The number of benzene rings is 2. The Hall–Kier alpha value is -2.01. The highest BCUT2D eigenvalue weighted by atomic mass is 32.2. The van der Waals surface area contributed by atoms with Gasteiger partial charge in [-0.05, 0) is 11.6 Å². The summed E-state index contributed by atoms with van der Waals surface area (Å²) in [6, 6.07) is 14.5. The second kappa shape index (κ2) is 4.70. The van der Waals surface area contributed by atoms with Gasteiger partial charge in [-0.15, -0.1) is 0 Å². The molecule has 0 atom stereocenters. The van der Waals surface area contributed by atoms with E-state index in [1.54, 1.807) is 6.07 Å². The zero-order valence-electron chi connectivity index (χ0n) is 9.83. The summed E-state index contributed by atoms with van der Waals surface area (Å²) in [6.07, 6.45) is 0.988. The highest BCUT2D eigenvalue weighted by Gasteiger charge is 2.11. The Morgan fingerprint density at radius 3 is 2.28 bits per heavy atom. The van der Waals surface area contributed by atoms with Gasteiger partial charge in [0.25, 0.3) is 0 Å². The van der Waals surface area contributed by atoms with Crippen LogP contribution in [0.3, 0.4) is 0 Å². The van der Waals surface area contributed by atoms with E-state index in [2.05, 4.69) is 0 Å². The number of para-hydroxylation sites is 1. The van der Waals surface area contributed by atoms with E-state index in [-0.39, 0.29) is 5.75 Å². The predicted octanol–water partition coefficient (Wildman–Crippen LogP) is 2.27. The molecule has 0 heterocycles. The van der Waals surface area contributed by atoms with Crippen molar-refractivity contribution in [3.8, 4) is 16.9 Å². The first kappa shape index (κ1) is 12.4. The Morgan fingerprint density at radius 1 is 1.00 bits per heavy atom. The fraction of sp³-hybridized carbons (Fsp3) is 0.0769. The summed E-state index contributed by atoms with van der Waals surface area (Å²) in [5, 5.41) is 0. The quantitative estimate of drug-likeness (QED) is 0.681. The maximum atomic E-state index is 11.1. The SMILES string of the molecule is CS(=O)(=O)Oc1cccc(-c2ccccc2)c1N. The first-order valence-electron chi connectivity index (χ1n) is 5.31. The molecule has 2 aromatic rings. The molecular formula is C13H13NO3S. The molecule has 2 rings (SSSR count). The monoisotopic (exact) mass is 263 g/mol. The molecule has 0 aromatic heterocycles. The zero-order chi connectivity index (χ0) is 13.2. The second-order valence-corrected chi connectivity index (χ2v) is 5.45. The van der Waals surface area contributed by atoms with Crippen LogP contribution in [-0.4, -0.2) is 14.7 Å². The van der Waals surface area contributed by atoms with Crippen molar-refractivity contribution in [2.75, 3.05) is 12.0 Å². The molecule has 0 aliphatic heterocycles. The largest absolute Gasteiger partial charge is 0.395 e. The van der Waals surface area contributed by atoms with Gasteiger partial charge in [-0.2, -0.15) is 8.42 Å². The van der Waals surface area contributed by atoms with Crippen LogP contribution in [0.25, 0.3) is 11.1 Å². The molecule has 0 aliphatic carbocycles. The second-order valence-electron chi connectivity index (χ2n) is 3.87. The van der Waals surface area contributed by atoms with Gasteiger partial charge in [0, 0.05) is 5.56 Å². The maximum absolute atomic E-state index is 11.1. The predicted molar refractivity (Wildman–Crippen MR) is 71.8 cm³/mol. The maximum Gasteiger partial charge on any atom is 0.306 e. The molecule has 2 N–H and O–H groups in total. The molecule has 0 radical (unpaired) electrons. The summed E-state index contributed by atoms with van der Waals surface area (Å²) >= 11 is 0. The Morgan fingerprint density at radius 2 is 1.67 bits per heavy atom. The molecule has 0 unspecified atom stereocenters. The molecule has 0 bridgehead atoms. The molecule has 0 spiro atoms. The average Bonchev–Trinajstić information content (AvgIpc) is 2.31. The number of hydrogen-bond donors (Lipinski definition) is 1. The molecule has 18 heavy (non-hydrogen) atoms. The van der Waals surface area contributed by atoms with Crippen molar-refractivity contribution in [2.24, 2.45) is 0 Å². The molecule has 4 nitrogen and oxygen atoms in total. The Kier molecular flexibility index (Phi) is 3.25. The van der Waals surface area contributed by atoms with Gasteiger partial charge in [-0.3, -0.25) is 0 Å². The topological polar surface area (TPSA) is 69.4 Å². The lowest BCUT2D eigenvalue weighted by Gasteiger charge is -2.10. The molecule has 5 heteroatoms. The normalized spacial score (nSPS) is 11.2. The van der Waals surface area contributed by atoms with Gasteiger partial charge in [-0.25, -0.2) is 0 Å². The van der Waals surface area contributed by atoms with Gasteiger partial charge in [0.2, 0.25) is 0 Å². The molecule has 0 fully saturated rings. The van der Waals surface area contributed by atoms with Gasteiger partial charge in [0.05, 0.1) is 11.9 Å². The van der Waals surface area contributed by atoms with Crippen LogP contribution in [0.5, 0.6) is 5.75 Å². The van der Waals surface area contributed by atoms with Crippen LogP contribution < -0.4 is 9.92 Å². The van der Waals surface area contributed by atoms with Crippen LogP contribution in [0, 0.1) is 0 Å². The van der Waals surface area contributed by atoms with Gasteiger partial charge >= 0.3 is 10.1 Å². The molecule has 94 valence electrons. The summed E-state index contributed by atoms with van der Waals surface area (Å²) in [7, 11) is -3.58. The standard InChI is InChI=1S/C13H13NO3S/c1-18(15,16)17-12-9-5-8-11(13(12)14)10-6-3-2-4-7-10/h2-9H,14H2,1H3. The number of nitrogens with two attached hydrogens (primary N) is 1. The number of anilines is 1. The van der Waals surface area contributed by atoms with Crippen LogP contribution in [0.2, 0.25) is 0 Å². The van der Waals surface area contributed by atoms with E-state index in [0.29, 0.717) is 5.69 Å². The molecule has 2 aromatic carbocycles. The minimum absolute atomic E-state index is 0.152. The lowest BCUT2D eigenvalue weighted by molar-refractivity contribution is 0.494. The summed E-state index contributed by atoms with van der Waals surface area (Å²) < 4.78 is 27.1. The van der Waals surface area contributed by atoms with E-state index in [4.69, 9.17) is 9.92 Å². The van der Waals surface area contributed by atoms with E-state index in [1.165, 1.54) is 6.07 Å². The van der Waals surface area contributed by atoms with Crippen molar-refractivity contribution >= 4 is 15.8 Å². The van der Waals surface area contributed by atoms with Crippen LogP contribution in [-0.2, 0) is 10.1 Å². The van der Waals surface area contributed by atoms with Crippen molar-refractivity contribution in [3.63, 3.8) is 0 Å². The zero-order valence-corrected chi connectivity index (χ0v) is 10.6. The fourth-order valence-corrected chi connectivity index (χ4v) is 2.12. The van der Waals surface area contributed by atoms with Gasteiger partial charge < -0.3 is 9.92 Å². The van der Waals surface area contributed by atoms with E-state index < -0.39 is 10.1 Å². The van der Waals surface area contributed by atoms with Gasteiger partial charge in [0.15, 0.2) is 5.75 Å².